The maximum Gasteiger partial charge on any atom is 0.410 e. The zero-order valence-electron chi connectivity index (χ0n) is 15.2. The fourth-order valence-electron chi connectivity index (χ4n) is 2.80. The van der Waals surface area contributed by atoms with E-state index in [4.69, 9.17) is 9.47 Å². The Morgan fingerprint density at radius 1 is 1.32 bits per heavy atom. The number of anilines is 1. The van der Waals surface area contributed by atoms with E-state index in [0.29, 0.717) is 12.4 Å². The van der Waals surface area contributed by atoms with Gasteiger partial charge in [0, 0.05) is 24.8 Å². The van der Waals surface area contributed by atoms with Gasteiger partial charge in [-0.1, -0.05) is 6.07 Å². The molecule has 0 saturated carbocycles. The number of nitrogens with zero attached hydrogens (tertiary/aromatic N) is 1. The number of likely N-dealkylation sites (tertiary alicyclic amines) is 1. The first-order chi connectivity index (χ1) is 11.6. The van der Waals surface area contributed by atoms with Gasteiger partial charge in [0.2, 0.25) is 0 Å². The van der Waals surface area contributed by atoms with Gasteiger partial charge < -0.3 is 24.8 Å². The fourth-order valence-corrected chi connectivity index (χ4v) is 2.80. The van der Waals surface area contributed by atoms with Crippen LogP contribution in [0.2, 0.25) is 0 Å². The molecule has 0 spiro atoms. The number of carboxylic acid groups (broad SMARTS) is 1. The predicted octanol–water partition coefficient (Wildman–Crippen LogP) is 2.96. The van der Waals surface area contributed by atoms with Crippen molar-refractivity contribution in [2.24, 2.45) is 0 Å². The first kappa shape index (κ1) is 18.9. The van der Waals surface area contributed by atoms with Gasteiger partial charge in [0.05, 0.1) is 18.6 Å². The highest BCUT2D eigenvalue weighted by atomic mass is 16.6. The molecule has 1 amide bonds. The zero-order valence-corrected chi connectivity index (χ0v) is 15.2. The second-order valence-electron chi connectivity index (χ2n) is 7.27. The van der Waals surface area contributed by atoms with Crippen LogP contribution in [0.25, 0.3) is 0 Å². The Morgan fingerprint density at radius 2 is 2.00 bits per heavy atom. The number of carbonyl (C=O) groups is 2. The van der Waals surface area contributed by atoms with Crippen LogP contribution in [0.5, 0.6) is 5.75 Å². The third-order valence-corrected chi connectivity index (χ3v) is 3.68. The fraction of sp³-hybridized carbons (Fsp3) is 0.556. The molecule has 0 radical (unpaired) electrons. The van der Waals surface area contributed by atoms with Gasteiger partial charge in [-0.15, -0.1) is 0 Å². The third kappa shape index (κ3) is 5.27. The molecule has 1 heterocycles. The van der Waals surface area contributed by atoms with Crippen molar-refractivity contribution in [2.75, 3.05) is 25.0 Å². The summed E-state index contributed by atoms with van der Waals surface area (Å²) in [7, 11) is 0. The molecule has 0 bridgehead atoms. The van der Waals surface area contributed by atoms with Gasteiger partial charge in [-0.3, -0.25) is 4.79 Å². The summed E-state index contributed by atoms with van der Waals surface area (Å²) in [5, 5.41) is 12.5. The van der Waals surface area contributed by atoms with Crippen molar-refractivity contribution in [1.82, 2.24) is 4.90 Å². The number of hydrogen-bond acceptors (Lipinski definition) is 5. The lowest BCUT2D eigenvalue weighted by Crippen LogP contribution is -2.68. The Balaban J connectivity index is 2.07. The standard InChI is InChI=1S/C18H26N2O5/c1-5-24-14-8-6-7-13(9-14)19-18(10-15(21)22)11-20(12-18)16(23)25-17(2,3)4/h6-9,19H,5,10-12H2,1-4H3,(H,21,22). The zero-order chi connectivity index (χ0) is 18.7. The highest BCUT2D eigenvalue weighted by molar-refractivity contribution is 5.74. The van der Waals surface area contributed by atoms with Gasteiger partial charge >= 0.3 is 12.1 Å². The summed E-state index contributed by atoms with van der Waals surface area (Å²) in [5.74, 6) is -0.210. The van der Waals surface area contributed by atoms with Crippen LogP contribution in [0.3, 0.4) is 0 Å². The Hall–Kier alpha value is -2.44. The van der Waals surface area contributed by atoms with E-state index in [1.165, 1.54) is 4.90 Å². The molecule has 2 N–H and O–H groups in total. The van der Waals surface area contributed by atoms with Crippen molar-refractivity contribution in [3.63, 3.8) is 0 Å². The maximum atomic E-state index is 12.1. The summed E-state index contributed by atoms with van der Waals surface area (Å²) in [6.45, 7) is 8.39. The van der Waals surface area contributed by atoms with E-state index in [1.54, 1.807) is 20.8 Å². The minimum absolute atomic E-state index is 0.0921. The summed E-state index contributed by atoms with van der Waals surface area (Å²) in [5.41, 5.74) is -0.536. The summed E-state index contributed by atoms with van der Waals surface area (Å²) in [4.78, 5) is 24.9. The molecular formula is C18H26N2O5. The van der Waals surface area contributed by atoms with Gasteiger partial charge in [0.25, 0.3) is 0 Å². The second kappa shape index (κ2) is 7.21. The van der Waals surface area contributed by atoms with Gasteiger partial charge in [-0.05, 0) is 39.8 Å². The molecule has 7 heteroatoms. The first-order valence-corrected chi connectivity index (χ1v) is 8.33. The molecule has 1 saturated heterocycles. The van der Waals surface area contributed by atoms with Gasteiger partial charge in [0.1, 0.15) is 11.4 Å². The van der Waals surface area contributed by atoms with E-state index in [2.05, 4.69) is 5.32 Å². The van der Waals surface area contributed by atoms with Gasteiger partial charge in [0.15, 0.2) is 0 Å². The third-order valence-electron chi connectivity index (χ3n) is 3.68. The lowest BCUT2D eigenvalue weighted by atomic mass is 9.86. The molecule has 0 aliphatic carbocycles. The molecular weight excluding hydrogens is 324 g/mol. The number of carboxylic acids is 1. The van der Waals surface area contributed by atoms with Crippen LogP contribution in [0.1, 0.15) is 34.1 Å². The average molecular weight is 350 g/mol. The largest absolute Gasteiger partial charge is 0.494 e. The predicted molar refractivity (Wildman–Crippen MR) is 94.0 cm³/mol. The van der Waals surface area contributed by atoms with E-state index in [9.17, 15) is 14.7 Å². The maximum absolute atomic E-state index is 12.1. The van der Waals surface area contributed by atoms with Crippen LogP contribution in [0.15, 0.2) is 24.3 Å². The van der Waals surface area contributed by atoms with E-state index in [0.717, 1.165) is 5.69 Å². The van der Waals surface area contributed by atoms with Crippen LogP contribution in [0.4, 0.5) is 10.5 Å². The lowest BCUT2D eigenvalue weighted by molar-refractivity contribution is -0.139. The van der Waals surface area contributed by atoms with Crippen LogP contribution in [-0.4, -0.2) is 52.9 Å². The number of nitrogens with one attached hydrogen (secondary N) is 1. The minimum atomic E-state index is -0.919. The summed E-state index contributed by atoms with van der Waals surface area (Å²) >= 11 is 0. The summed E-state index contributed by atoms with van der Waals surface area (Å²) in [6.07, 6.45) is -0.524. The number of amides is 1. The molecule has 1 aromatic carbocycles. The SMILES string of the molecule is CCOc1cccc(NC2(CC(=O)O)CN(C(=O)OC(C)(C)C)C2)c1. The molecule has 25 heavy (non-hydrogen) atoms. The Labute approximate surface area is 147 Å². The van der Waals surface area contributed by atoms with E-state index in [-0.39, 0.29) is 19.5 Å². The molecule has 1 aliphatic heterocycles. The number of hydrogen-bond donors (Lipinski definition) is 2. The minimum Gasteiger partial charge on any atom is -0.494 e. The number of rotatable bonds is 6. The van der Waals surface area contributed by atoms with E-state index < -0.39 is 23.2 Å². The quantitative estimate of drug-likeness (QED) is 0.820. The molecule has 0 aromatic heterocycles. The lowest BCUT2D eigenvalue weighted by Gasteiger charge is -2.50. The van der Waals surface area contributed by atoms with Crippen LogP contribution >= 0.6 is 0 Å². The topological polar surface area (TPSA) is 88.1 Å². The molecule has 1 fully saturated rings. The Kier molecular flexibility index (Phi) is 5.45. The van der Waals surface area contributed by atoms with Crippen molar-refractivity contribution in [3.8, 4) is 5.75 Å². The van der Waals surface area contributed by atoms with E-state index >= 15 is 0 Å². The summed E-state index contributed by atoms with van der Waals surface area (Å²) < 4.78 is 10.8. The average Bonchev–Trinajstić information content (AvgIpc) is 2.42. The van der Waals surface area contributed by atoms with Crippen molar-refractivity contribution in [1.29, 1.82) is 0 Å². The Morgan fingerprint density at radius 3 is 2.56 bits per heavy atom. The molecule has 1 aromatic rings. The van der Waals surface area contributed by atoms with Crippen LogP contribution in [-0.2, 0) is 9.53 Å². The first-order valence-electron chi connectivity index (χ1n) is 8.33. The van der Waals surface area contributed by atoms with Crippen molar-refractivity contribution in [3.05, 3.63) is 24.3 Å². The van der Waals surface area contributed by atoms with E-state index in [1.807, 2.05) is 31.2 Å². The highest BCUT2D eigenvalue weighted by Gasteiger charge is 2.48. The van der Waals surface area contributed by atoms with Crippen LogP contribution in [0, 0.1) is 0 Å². The highest BCUT2D eigenvalue weighted by Crippen LogP contribution is 2.31. The molecule has 138 valence electrons. The monoisotopic (exact) mass is 350 g/mol. The van der Waals surface area contributed by atoms with Crippen molar-refractivity contribution in [2.45, 2.75) is 45.3 Å². The van der Waals surface area contributed by atoms with Crippen molar-refractivity contribution < 1.29 is 24.2 Å². The normalized spacial score (nSPS) is 15.9. The molecule has 1 aliphatic rings. The smallest absolute Gasteiger partial charge is 0.410 e. The molecule has 7 nitrogen and oxygen atoms in total. The number of aliphatic carboxylic acids is 1. The molecule has 2 rings (SSSR count). The van der Waals surface area contributed by atoms with Crippen LogP contribution < -0.4 is 10.1 Å². The van der Waals surface area contributed by atoms with Gasteiger partial charge in [-0.2, -0.15) is 0 Å². The molecule has 0 unspecified atom stereocenters. The molecule has 0 atom stereocenters. The number of benzene rings is 1. The number of ether oxygens (including phenoxy) is 2. The Bertz CT molecular complexity index is 633. The summed E-state index contributed by atoms with van der Waals surface area (Å²) in [6, 6.07) is 7.35. The number of carbonyl (C=O) groups excluding carboxylic acids is 1. The van der Waals surface area contributed by atoms with Crippen molar-refractivity contribution >= 4 is 17.7 Å². The second-order valence-corrected chi connectivity index (χ2v) is 7.27. The van der Waals surface area contributed by atoms with Gasteiger partial charge in [-0.25, -0.2) is 4.79 Å².